The van der Waals surface area contributed by atoms with Gasteiger partial charge < -0.3 is 10.0 Å². The van der Waals surface area contributed by atoms with Crippen LogP contribution in [0.4, 0.5) is 8.78 Å². The molecular weight excluding hydrogens is 292 g/mol. The highest BCUT2D eigenvalue weighted by molar-refractivity contribution is 5.97. The van der Waals surface area contributed by atoms with Crippen LogP contribution in [-0.4, -0.2) is 34.0 Å². The van der Waals surface area contributed by atoms with Crippen LogP contribution in [0, 0.1) is 17.6 Å². The fourth-order valence-corrected chi connectivity index (χ4v) is 3.78. The van der Waals surface area contributed by atoms with Crippen LogP contribution in [0.2, 0.25) is 0 Å². The highest BCUT2D eigenvalue weighted by Crippen LogP contribution is 2.40. The number of fused-ring (bicyclic) bond motifs is 1. The quantitative estimate of drug-likeness (QED) is 0.914. The molecule has 3 rings (SSSR count). The van der Waals surface area contributed by atoms with Crippen LogP contribution in [0.3, 0.4) is 0 Å². The lowest BCUT2D eigenvalue weighted by Gasteiger charge is -2.33. The van der Waals surface area contributed by atoms with Crippen molar-refractivity contribution in [2.45, 2.75) is 44.2 Å². The normalized spacial score (nSPS) is 27.5. The van der Waals surface area contributed by atoms with Gasteiger partial charge in [0.1, 0.15) is 6.04 Å². The summed E-state index contributed by atoms with van der Waals surface area (Å²) < 4.78 is 27.2. The summed E-state index contributed by atoms with van der Waals surface area (Å²) in [4.78, 5) is 25.4. The Labute approximate surface area is 126 Å². The van der Waals surface area contributed by atoms with Crippen LogP contribution in [0.25, 0.3) is 0 Å². The molecule has 0 aromatic heterocycles. The fourth-order valence-electron chi connectivity index (χ4n) is 3.78. The number of aliphatic carboxylic acids is 1. The lowest BCUT2D eigenvalue weighted by Crippen LogP contribution is -2.46. The van der Waals surface area contributed by atoms with Crippen molar-refractivity contribution in [1.82, 2.24) is 4.90 Å². The van der Waals surface area contributed by atoms with Gasteiger partial charge in [-0.05, 0) is 37.3 Å². The third-order valence-electron chi connectivity index (χ3n) is 4.79. The van der Waals surface area contributed by atoms with Gasteiger partial charge in [0.2, 0.25) is 0 Å². The van der Waals surface area contributed by atoms with E-state index in [1.54, 1.807) is 0 Å². The molecule has 0 bridgehead atoms. The van der Waals surface area contributed by atoms with E-state index in [0.29, 0.717) is 6.42 Å². The molecule has 1 aromatic carbocycles. The second-order valence-corrected chi connectivity index (χ2v) is 6.02. The van der Waals surface area contributed by atoms with E-state index in [2.05, 4.69) is 0 Å². The van der Waals surface area contributed by atoms with Gasteiger partial charge >= 0.3 is 5.97 Å². The summed E-state index contributed by atoms with van der Waals surface area (Å²) in [6, 6.07) is 2.26. The van der Waals surface area contributed by atoms with E-state index in [4.69, 9.17) is 0 Å². The van der Waals surface area contributed by atoms with Gasteiger partial charge in [-0.2, -0.15) is 0 Å². The maximum atomic E-state index is 13.9. The zero-order valence-corrected chi connectivity index (χ0v) is 12.0. The Bertz CT molecular complexity index is 619. The smallest absolute Gasteiger partial charge is 0.326 e. The second kappa shape index (κ2) is 5.66. The number of benzene rings is 1. The molecule has 1 heterocycles. The highest BCUT2D eigenvalue weighted by atomic mass is 19.2. The third-order valence-corrected chi connectivity index (χ3v) is 4.79. The summed E-state index contributed by atoms with van der Waals surface area (Å²) in [7, 11) is 0. The molecule has 118 valence electrons. The summed E-state index contributed by atoms with van der Waals surface area (Å²) in [6.45, 7) is 0. The van der Waals surface area contributed by atoms with Crippen LogP contribution >= 0.6 is 0 Å². The Hall–Kier alpha value is -1.98. The Morgan fingerprint density at radius 1 is 1.18 bits per heavy atom. The summed E-state index contributed by atoms with van der Waals surface area (Å²) in [5, 5.41) is 9.39. The summed E-state index contributed by atoms with van der Waals surface area (Å²) >= 11 is 0. The number of halogens is 2. The standard InChI is InChI=1S/C16H17F2NO3/c17-11-6-3-5-10(14(11)18)15(20)19-12-7-2-1-4-9(12)8-13(19)16(21)22/h3,5-6,9,12-13H,1-2,4,7-8H2,(H,21,22)/t9-,12-,13-/m0/s1. The van der Waals surface area contributed by atoms with Crippen molar-refractivity contribution in [3.63, 3.8) is 0 Å². The number of rotatable bonds is 2. The Morgan fingerprint density at radius 2 is 1.91 bits per heavy atom. The zero-order chi connectivity index (χ0) is 15.9. The molecule has 2 fully saturated rings. The molecule has 22 heavy (non-hydrogen) atoms. The van der Waals surface area contributed by atoms with E-state index in [1.165, 1.54) is 17.0 Å². The highest BCUT2D eigenvalue weighted by Gasteiger charge is 2.48. The van der Waals surface area contributed by atoms with Gasteiger partial charge in [-0.15, -0.1) is 0 Å². The van der Waals surface area contributed by atoms with Crippen LogP contribution in [0.1, 0.15) is 42.5 Å². The van der Waals surface area contributed by atoms with E-state index in [1.807, 2.05) is 0 Å². The minimum Gasteiger partial charge on any atom is -0.480 e. The molecule has 2 aliphatic rings. The van der Waals surface area contributed by atoms with Crippen molar-refractivity contribution in [3.05, 3.63) is 35.4 Å². The molecule has 1 saturated carbocycles. The van der Waals surface area contributed by atoms with E-state index < -0.39 is 35.1 Å². The van der Waals surface area contributed by atoms with E-state index in [-0.39, 0.29) is 12.0 Å². The van der Waals surface area contributed by atoms with Gasteiger partial charge in [-0.25, -0.2) is 13.6 Å². The van der Waals surface area contributed by atoms with Gasteiger partial charge in [0.15, 0.2) is 11.6 Å². The van der Waals surface area contributed by atoms with Crippen molar-refractivity contribution in [1.29, 1.82) is 0 Å². The van der Waals surface area contributed by atoms with E-state index in [0.717, 1.165) is 31.7 Å². The number of hydrogen-bond donors (Lipinski definition) is 1. The molecule has 1 N–H and O–H groups in total. The summed E-state index contributed by atoms with van der Waals surface area (Å²) in [5.74, 6) is -3.98. The molecule has 1 aromatic rings. The van der Waals surface area contributed by atoms with Crippen molar-refractivity contribution in [2.75, 3.05) is 0 Å². The first-order chi connectivity index (χ1) is 10.5. The minimum absolute atomic E-state index is 0.135. The first-order valence-electron chi connectivity index (χ1n) is 7.50. The Morgan fingerprint density at radius 3 is 2.64 bits per heavy atom. The van der Waals surface area contributed by atoms with Crippen LogP contribution in [0.5, 0.6) is 0 Å². The lowest BCUT2D eigenvalue weighted by atomic mass is 9.84. The van der Waals surface area contributed by atoms with Gasteiger partial charge in [-0.3, -0.25) is 4.79 Å². The predicted molar refractivity (Wildman–Crippen MR) is 74.3 cm³/mol. The van der Waals surface area contributed by atoms with Crippen LogP contribution < -0.4 is 0 Å². The first-order valence-corrected chi connectivity index (χ1v) is 7.50. The number of likely N-dealkylation sites (tertiary alicyclic amines) is 1. The van der Waals surface area contributed by atoms with Crippen molar-refractivity contribution in [3.8, 4) is 0 Å². The predicted octanol–water partition coefficient (Wildman–Crippen LogP) is 2.82. The average molecular weight is 309 g/mol. The first kappa shape index (κ1) is 14.9. The molecule has 3 atom stereocenters. The van der Waals surface area contributed by atoms with E-state index >= 15 is 0 Å². The summed E-state index contributed by atoms with van der Waals surface area (Å²) in [6.07, 6.45) is 3.93. The monoisotopic (exact) mass is 309 g/mol. The van der Waals surface area contributed by atoms with Crippen molar-refractivity contribution in [2.24, 2.45) is 5.92 Å². The molecule has 0 spiro atoms. The van der Waals surface area contributed by atoms with Gasteiger partial charge in [0.05, 0.1) is 5.56 Å². The SMILES string of the molecule is O=C(O)[C@@H]1C[C@@H]2CCCC[C@@H]2N1C(=O)c1cccc(F)c1F. The lowest BCUT2D eigenvalue weighted by molar-refractivity contribution is -0.141. The third kappa shape index (κ3) is 2.36. The topological polar surface area (TPSA) is 57.6 Å². The number of carboxylic acid groups (broad SMARTS) is 1. The second-order valence-electron chi connectivity index (χ2n) is 6.02. The van der Waals surface area contributed by atoms with Crippen molar-refractivity contribution >= 4 is 11.9 Å². The minimum atomic E-state index is -1.21. The van der Waals surface area contributed by atoms with Crippen LogP contribution in [-0.2, 0) is 4.79 Å². The number of carboxylic acids is 1. The fraction of sp³-hybridized carbons (Fsp3) is 0.500. The molecule has 4 nitrogen and oxygen atoms in total. The maximum absolute atomic E-state index is 13.9. The molecule has 6 heteroatoms. The maximum Gasteiger partial charge on any atom is 0.326 e. The van der Waals surface area contributed by atoms with Crippen molar-refractivity contribution < 1.29 is 23.5 Å². The number of nitrogens with zero attached hydrogens (tertiary/aromatic N) is 1. The molecular formula is C16H17F2NO3. The van der Waals surface area contributed by atoms with Gasteiger partial charge in [-0.1, -0.05) is 18.9 Å². The number of carbonyl (C=O) groups excluding carboxylic acids is 1. The molecule has 1 saturated heterocycles. The molecule has 1 amide bonds. The van der Waals surface area contributed by atoms with Gasteiger partial charge in [0.25, 0.3) is 5.91 Å². The number of amides is 1. The summed E-state index contributed by atoms with van der Waals surface area (Å²) in [5.41, 5.74) is -0.391. The Kier molecular flexibility index (Phi) is 3.85. The van der Waals surface area contributed by atoms with Gasteiger partial charge in [0, 0.05) is 6.04 Å². The molecule has 0 unspecified atom stereocenters. The largest absolute Gasteiger partial charge is 0.480 e. The molecule has 0 radical (unpaired) electrons. The number of carbonyl (C=O) groups is 2. The Balaban J connectivity index is 1.97. The van der Waals surface area contributed by atoms with E-state index in [9.17, 15) is 23.5 Å². The van der Waals surface area contributed by atoms with Crippen LogP contribution in [0.15, 0.2) is 18.2 Å². The molecule has 1 aliphatic carbocycles. The average Bonchev–Trinajstić information content (AvgIpc) is 2.89. The zero-order valence-electron chi connectivity index (χ0n) is 12.0. The molecule has 1 aliphatic heterocycles. The number of hydrogen-bond acceptors (Lipinski definition) is 2.